The summed E-state index contributed by atoms with van der Waals surface area (Å²) in [5, 5.41) is 13.9. The smallest absolute Gasteiger partial charge is 0.137 e. The zero-order valence-corrected chi connectivity index (χ0v) is 17.7. The molecule has 0 heterocycles. The molecule has 0 saturated carbocycles. The van der Waals surface area contributed by atoms with E-state index in [-0.39, 0.29) is 0 Å². The Morgan fingerprint density at radius 2 is 1.41 bits per heavy atom. The third-order valence-corrected chi connectivity index (χ3v) is 5.73. The van der Waals surface area contributed by atoms with E-state index in [2.05, 4.69) is 42.5 Å². The number of nitrogens with zero attached hydrogens (tertiary/aromatic N) is 1. The van der Waals surface area contributed by atoms with E-state index in [0.717, 1.165) is 38.6 Å². The van der Waals surface area contributed by atoms with E-state index >= 15 is 0 Å². The number of fused-ring (bicyclic) bond motifs is 2. The monoisotopic (exact) mass is 415 g/mol. The second kappa shape index (κ2) is 8.45. The van der Waals surface area contributed by atoms with E-state index < -0.39 is 0 Å². The number of hydrogen-bond donors (Lipinski definition) is 0. The predicted molar refractivity (Wildman–Crippen MR) is 129 cm³/mol. The van der Waals surface area contributed by atoms with Crippen LogP contribution in [0.1, 0.15) is 11.1 Å². The fourth-order valence-electron chi connectivity index (χ4n) is 4.16. The third-order valence-electron chi connectivity index (χ3n) is 5.73. The molecule has 5 aromatic carbocycles. The van der Waals surface area contributed by atoms with Gasteiger partial charge in [0.25, 0.3) is 0 Å². The first-order valence-electron chi connectivity index (χ1n) is 10.5. The minimum absolute atomic E-state index is 0.399. The molecule has 0 atom stereocenters. The number of hydrogen-bond acceptors (Lipinski definition) is 3. The van der Waals surface area contributed by atoms with Gasteiger partial charge in [0.2, 0.25) is 0 Å². The van der Waals surface area contributed by atoms with Crippen molar-refractivity contribution in [3.8, 4) is 28.7 Å². The third kappa shape index (κ3) is 3.53. The Labute approximate surface area is 187 Å². The van der Waals surface area contributed by atoms with Crippen LogP contribution in [0.25, 0.3) is 32.7 Å². The molecule has 0 aromatic heterocycles. The van der Waals surface area contributed by atoms with Gasteiger partial charge in [0.1, 0.15) is 29.7 Å². The van der Waals surface area contributed by atoms with Crippen molar-refractivity contribution in [2.75, 3.05) is 7.11 Å². The number of rotatable bonds is 5. The Bertz CT molecular complexity index is 1470. The van der Waals surface area contributed by atoms with Gasteiger partial charge in [-0.05, 0) is 45.5 Å². The van der Waals surface area contributed by atoms with E-state index in [4.69, 9.17) is 9.47 Å². The number of methoxy groups -OCH3 is 1. The SMILES string of the molecule is COc1ccc2ccc(COc3ccc4ccccc4c3-c3ccccc3)cc2c1C#N. The number of benzene rings is 5. The van der Waals surface area contributed by atoms with Gasteiger partial charge >= 0.3 is 0 Å². The summed E-state index contributed by atoms with van der Waals surface area (Å²) in [5.74, 6) is 1.42. The molecule has 0 N–H and O–H groups in total. The molecular weight excluding hydrogens is 394 g/mol. The van der Waals surface area contributed by atoms with Gasteiger partial charge in [0, 0.05) is 10.9 Å². The highest BCUT2D eigenvalue weighted by Crippen LogP contribution is 2.37. The van der Waals surface area contributed by atoms with Crippen LogP contribution in [-0.2, 0) is 6.61 Å². The van der Waals surface area contributed by atoms with Gasteiger partial charge in [-0.2, -0.15) is 5.26 Å². The Morgan fingerprint density at radius 1 is 0.719 bits per heavy atom. The van der Waals surface area contributed by atoms with Crippen molar-refractivity contribution < 1.29 is 9.47 Å². The lowest BCUT2D eigenvalue weighted by Gasteiger charge is -2.15. The van der Waals surface area contributed by atoms with E-state index in [1.54, 1.807) is 7.11 Å². The van der Waals surface area contributed by atoms with Crippen LogP contribution in [0, 0.1) is 11.3 Å². The average molecular weight is 415 g/mol. The van der Waals surface area contributed by atoms with Crippen LogP contribution >= 0.6 is 0 Å². The largest absolute Gasteiger partial charge is 0.495 e. The van der Waals surface area contributed by atoms with Gasteiger partial charge in [-0.3, -0.25) is 0 Å². The van der Waals surface area contributed by atoms with Crippen molar-refractivity contribution in [3.63, 3.8) is 0 Å². The highest BCUT2D eigenvalue weighted by molar-refractivity contribution is 5.99. The van der Waals surface area contributed by atoms with Gasteiger partial charge in [-0.15, -0.1) is 0 Å². The first-order valence-corrected chi connectivity index (χ1v) is 10.5. The molecular formula is C29H21NO2. The topological polar surface area (TPSA) is 42.2 Å². The highest BCUT2D eigenvalue weighted by atomic mass is 16.5. The molecule has 32 heavy (non-hydrogen) atoms. The Kier molecular flexibility index (Phi) is 5.19. The number of ether oxygens (including phenoxy) is 2. The van der Waals surface area contributed by atoms with Crippen molar-refractivity contribution in [2.45, 2.75) is 6.61 Å². The second-order valence-corrected chi connectivity index (χ2v) is 7.62. The Hall–Kier alpha value is -4.29. The van der Waals surface area contributed by atoms with Crippen molar-refractivity contribution in [2.24, 2.45) is 0 Å². The molecule has 0 aliphatic carbocycles. The summed E-state index contributed by atoms with van der Waals surface area (Å²) in [4.78, 5) is 0. The summed E-state index contributed by atoms with van der Waals surface area (Å²) in [7, 11) is 1.58. The maximum atomic E-state index is 9.65. The van der Waals surface area contributed by atoms with Gasteiger partial charge < -0.3 is 9.47 Å². The van der Waals surface area contributed by atoms with Crippen molar-refractivity contribution >= 4 is 21.5 Å². The zero-order chi connectivity index (χ0) is 21.9. The van der Waals surface area contributed by atoms with Crippen molar-refractivity contribution in [1.82, 2.24) is 0 Å². The molecule has 0 fully saturated rings. The van der Waals surface area contributed by atoms with Crippen LogP contribution in [0.4, 0.5) is 0 Å². The van der Waals surface area contributed by atoms with Gasteiger partial charge in [0.05, 0.1) is 7.11 Å². The van der Waals surface area contributed by atoms with Crippen LogP contribution in [0.2, 0.25) is 0 Å². The van der Waals surface area contributed by atoms with Crippen LogP contribution in [0.3, 0.4) is 0 Å². The van der Waals surface area contributed by atoms with Crippen molar-refractivity contribution in [1.29, 1.82) is 5.26 Å². The van der Waals surface area contributed by atoms with E-state index in [1.165, 1.54) is 5.39 Å². The van der Waals surface area contributed by atoms with Gasteiger partial charge in [-0.25, -0.2) is 0 Å². The van der Waals surface area contributed by atoms with Gasteiger partial charge in [0.15, 0.2) is 0 Å². The van der Waals surface area contributed by atoms with Crippen LogP contribution in [0.15, 0.2) is 97.1 Å². The highest BCUT2D eigenvalue weighted by Gasteiger charge is 2.13. The molecule has 5 rings (SSSR count). The quantitative estimate of drug-likeness (QED) is 0.307. The lowest BCUT2D eigenvalue weighted by atomic mass is 9.97. The Balaban J connectivity index is 1.55. The zero-order valence-electron chi connectivity index (χ0n) is 17.7. The fourth-order valence-corrected chi connectivity index (χ4v) is 4.16. The second-order valence-electron chi connectivity index (χ2n) is 7.62. The molecule has 0 radical (unpaired) electrons. The first kappa shape index (κ1) is 19.7. The molecule has 0 spiro atoms. The summed E-state index contributed by atoms with van der Waals surface area (Å²) >= 11 is 0. The van der Waals surface area contributed by atoms with Crippen LogP contribution in [0.5, 0.6) is 11.5 Å². The normalized spacial score (nSPS) is 10.8. The van der Waals surface area contributed by atoms with Crippen molar-refractivity contribution in [3.05, 3.63) is 108 Å². The summed E-state index contributed by atoms with van der Waals surface area (Å²) in [5.41, 5.74) is 3.75. The molecule has 3 nitrogen and oxygen atoms in total. The summed E-state index contributed by atoms with van der Waals surface area (Å²) in [6, 6.07) is 35.0. The molecule has 5 aromatic rings. The molecule has 0 aliphatic rings. The molecule has 0 bridgehead atoms. The van der Waals surface area contributed by atoms with E-state index in [0.29, 0.717) is 17.9 Å². The maximum absolute atomic E-state index is 9.65. The molecule has 154 valence electrons. The van der Waals surface area contributed by atoms with Crippen LogP contribution in [-0.4, -0.2) is 7.11 Å². The minimum Gasteiger partial charge on any atom is -0.495 e. The molecule has 0 unspecified atom stereocenters. The predicted octanol–water partition coefficient (Wildman–Crippen LogP) is 7.12. The Morgan fingerprint density at radius 3 is 2.19 bits per heavy atom. The standard InChI is InChI=1S/C29H21NO2/c1-31-27-15-13-22-12-11-20(17-25(22)26(27)18-30)19-32-28-16-14-21-7-5-6-10-24(21)29(28)23-8-3-2-4-9-23/h2-17H,19H2,1H3. The van der Waals surface area contributed by atoms with Crippen LogP contribution < -0.4 is 9.47 Å². The maximum Gasteiger partial charge on any atom is 0.137 e. The van der Waals surface area contributed by atoms with Gasteiger partial charge in [-0.1, -0.05) is 78.9 Å². The molecule has 0 aliphatic heterocycles. The summed E-state index contributed by atoms with van der Waals surface area (Å²) in [6.07, 6.45) is 0. The molecule has 0 saturated heterocycles. The molecule has 3 heteroatoms. The minimum atomic E-state index is 0.399. The molecule has 0 amide bonds. The average Bonchev–Trinajstić information content (AvgIpc) is 2.86. The van der Waals surface area contributed by atoms with E-state index in [1.807, 2.05) is 60.7 Å². The van der Waals surface area contributed by atoms with E-state index in [9.17, 15) is 5.26 Å². The summed E-state index contributed by atoms with van der Waals surface area (Å²) < 4.78 is 11.7. The summed E-state index contributed by atoms with van der Waals surface area (Å²) in [6.45, 7) is 0.399. The lowest BCUT2D eigenvalue weighted by molar-refractivity contribution is 0.308. The first-order chi connectivity index (χ1) is 15.8. The lowest BCUT2D eigenvalue weighted by Crippen LogP contribution is -1.98. The number of nitriles is 1. The fraction of sp³-hybridized carbons (Fsp3) is 0.0690.